The quantitative estimate of drug-likeness (QED) is 0.777. The molecule has 1 aromatic rings. The molecular formula is C16H21NO. The van der Waals surface area contributed by atoms with Crippen LogP contribution in [0.15, 0.2) is 18.2 Å². The van der Waals surface area contributed by atoms with Crippen molar-refractivity contribution in [3.05, 3.63) is 29.3 Å². The van der Waals surface area contributed by atoms with Gasteiger partial charge in [0.15, 0.2) is 0 Å². The number of benzene rings is 1. The molecule has 0 atom stereocenters. The first-order valence-electron chi connectivity index (χ1n) is 6.91. The highest BCUT2D eigenvalue weighted by Crippen LogP contribution is 2.47. The highest BCUT2D eigenvalue weighted by molar-refractivity contribution is 6.08. The van der Waals surface area contributed by atoms with Crippen LogP contribution in [-0.2, 0) is 10.2 Å². The van der Waals surface area contributed by atoms with Gasteiger partial charge in [-0.05, 0) is 49.8 Å². The third kappa shape index (κ3) is 1.51. The summed E-state index contributed by atoms with van der Waals surface area (Å²) in [6.45, 7) is 8.49. The van der Waals surface area contributed by atoms with Crippen LogP contribution in [0.4, 0.5) is 5.69 Å². The molecule has 2 nitrogen and oxygen atoms in total. The first-order valence-corrected chi connectivity index (χ1v) is 6.91. The highest BCUT2D eigenvalue weighted by atomic mass is 16.2. The van der Waals surface area contributed by atoms with E-state index < -0.39 is 0 Å². The van der Waals surface area contributed by atoms with Gasteiger partial charge in [0.1, 0.15) is 0 Å². The van der Waals surface area contributed by atoms with E-state index in [-0.39, 0.29) is 11.3 Å². The molecular weight excluding hydrogens is 222 g/mol. The molecule has 1 aliphatic heterocycles. The molecule has 1 aromatic carbocycles. The Morgan fingerprint density at radius 2 is 1.94 bits per heavy atom. The van der Waals surface area contributed by atoms with Gasteiger partial charge in [-0.25, -0.2) is 0 Å². The zero-order chi connectivity index (χ0) is 13.1. The maximum absolute atomic E-state index is 12.6. The van der Waals surface area contributed by atoms with Crippen LogP contribution < -0.4 is 4.90 Å². The zero-order valence-electron chi connectivity index (χ0n) is 11.7. The molecule has 2 aliphatic rings. The number of amides is 1. The van der Waals surface area contributed by atoms with E-state index in [9.17, 15) is 4.79 Å². The molecule has 18 heavy (non-hydrogen) atoms. The second kappa shape index (κ2) is 3.59. The summed E-state index contributed by atoms with van der Waals surface area (Å²) in [6.07, 6.45) is 2.32. The molecule has 0 N–H and O–H groups in total. The molecule has 0 radical (unpaired) electrons. The lowest BCUT2D eigenvalue weighted by molar-refractivity contribution is -0.122. The Morgan fingerprint density at radius 3 is 2.50 bits per heavy atom. The minimum Gasteiger partial charge on any atom is -0.308 e. The standard InChI is InChI=1S/C16H21NO/c1-10(2)11-5-8-13-14(9-11)17(12-6-7-12)15(18)16(13,3)4/h5,8-10,12H,6-7H2,1-4H3. The topological polar surface area (TPSA) is 20.3 Å². The predicted molar refractivity (Wildman–Crippen MR) is 74.1 cm³/mol. The monoisotopic (exact) mass is 243 g/mol. The van der Waals surface area contributed by atoms with Crippen molar-refractivity contribution in [1.82, 2.24) is 0 Å². The Morgan fingerprint density at radius 1 is 1.28 bits per heavy atom. The lowest BCUT2D eigenvalue weighted by Crippen LogP contribution is -2.37. The number of nitrogens with zero attached hydrogens (tertiary/aromatic N) is 1. The third-order valence-electron chi connectivity index (χ3n) is 4.29. The van der Waals surface area contributed by atoms with E-state index in [4.69, 9.17) is 0 Å². The molecule has 1 aliphatic carbocycles. The molecule has 0 unspecified atom stereocenters. The summed E-state index contributed by atoms with van der Waals surface area (Å²) in [4.78, 5) is 14.6. The fourth-order valence-corrected chi connectivity index (χ4v) is 2.86. The molecule has 2 heteroatoms. The second-order valence-electron chi connectivity index (χ2n) is 6.46. The molecule has 0 bridgehead atoms. The summed E-state index contributed by atoms with van der Waals surface area (Å²) < 4.78 is 0. The van der Waals surface area contributed by atoms with Gasteiger partial charge in [0.25, 0.3) is 0 Å². The average molecular weight is 243 g/mol. The Kier molecular flexibility index (Phi) is 2.35. The minimum atomic E-state index is -0.354. The van der Waals surface area contributed by atoms with Crippen LogP contribution in [0.1, 0.15) is 57.6 Å². The van der Waals surface area contributed by atoms with Gasteiger partial charge in [-0.3, -0.25) is 4.79 Å². The van der Waals surface area contributed by atoms with Gasteiger partial charge in [0.05, 0.1) is 5.41 Å². The number of anilines is 1. The number of fused-ring (bicyclic) bond motifs is 1. The van der Waals surface area contributed by atoms with Gasteiger partial charge in [-0.15, -0.1) is 0 Å². The second-order valence-corrected chi connectivity index (χ2v) is 6.46. The first-order chi connectivity index (χ1) is 8.43. The van der Waals surface area contributed by atoms with E-state index >= 15 is 0 Å². The number of hydrogen-bond donors (Lipinski definition) is 0. The van der Waals surface area contributed by atoms with Gasteiger partial charge in [0.2, 0.25) is 5.91 Å². The molecule has 0 saturated heterocycles. The van der Waals surface area contributed by atoms with Crippen LogP contribution in [-0.4, -0.2) is 11.9 Å². The summed E-state index contributed by atoms with van der Waals surface area (Å²) in [5.41, 5.74) is 3.33. The summed E-state index contributed by atoms with van der Waals surface area (Å²) in [6, 6.07) is 7.02. The van der Waals surface area contributed by atoms with E-state index in [0.717, 1.165) is 12.8 Å². The first kappa shape index (κ1) is 11.8. The minimum absolute atomic E-state index is 0.279. The third-order valence-corrected chi connectivity index (χ3v) is 4.29. The smallest absolute Gasteiger partial charge is 0.237 e. The Bertz CT molecular complexity index is 512. The summed E-state index contributed by atoms with van der Waals surface area (Å²) in [5.74, 6) is 0.788. The molecule has 1 fully saturated rings. The summed E-state index contributed by atoms with van der Waals surface area (Å²) >= 11 is 0. The Balaban J connectivity index is 2.14. The highest BCUT2D eigenvalue weighted by Gasteiger charge is 2.48. The molecule has 96 valence electrons. The summed E-state index contributed by atoms with van der Waals surface area (Å²) in [5, 5.41) is 0. The SMILES string of the molecule is CC(C)c1ccc2c(c1)N(C1CC1)C(=O)C2(C)C. The fourth-order valence-electron chi connectivity index (χ4n) is 2.86. The molecule has 1 heterocycles. The van der Waals surface area contributed by atoms with E-state index in [2.05, 4.69) is 36.9 Å². The van der Waals surface area contributed by atoms with E-state index in [1.54, 1.807) is 0 Å². The normalized spacial score (nSPS) is 21.6. The van der Waals surface area contributed by atoms with E-state index in [1.807, 2.05) is 13.8 Å². The zero-order valence-corrected chi connectivity index (χ0v) is 11.7. The lowest BCUT2D eigenvalue weighted by Gasteiger charge is -2.20. The van der Waals surface area contributed by atoms with Crippen LogP contribution in [0, 0.1) is 0 Å². The van der Waals surface area contributed by atoms with E-state index in [1.165, 1.54) is 16.8 Å². The predicted octanol–water partition coefficient (Wildman–Crippen LogP) is 3.60. The Hall–Kier alpha value is -1.31. The molecule has 1 amide bonds. The average Bonchev–Trinajstić information content (AvgIpc) is 3.10. The molecule has 0 aromatic heterocycles. The van der Waals surface area contributed by atoms with Crippen LogP contribution in [0.25, 0.3) is 0 Å². The van der Waals surface area contributed by atoms with E-state index in [0.29, 0.717) is 12.0 Å². The fraction of sp³-hybridized carbons (Fsp3) is 0.562. The molecule has 3 rings (SSSR count). The molecule has 1 saturated carbocycles. The van der Waals surface area contributed by atoms with Crippen LogP contribution in [0.5, 0.6) is 0 Å². The van der Waals surface area contributed by atoms with Crippen molar-refractivity contribution in [2.24, 2.45) is 0 Å². The van der Waals surface area contributed by atoms with Crippen molar-refractivity contribution in [3.8, 4) is 0 Å². The van der Waals surface area contributed by atoms with Gasteiger partial charge < -0.3 is 4.90 Å². The van der Waals surface area contributed by atoms with Gasteiger partial charge >= 0.3 is 0 Å². The van der Waals surface area contributed by atoms with Crippen molar-refractivity contribution >= 4 is 11.6 Å². The number of carbonyl (C=O) groups excluding carboxylic acids is 1. The Labute approximate surface area is 109 Å². The number of rotatable bonds is 2. The van der Waals surface area contributed by atoms with Crippen molar-refractivity contribution < 1.29 is 4.79 Å². The largest absolute Gasteiger partial charge is 0.308 e. The van der Waals surface area contributed by atoms with Crippen molar-refractivity contribution in [2.45, 2.75) is 57.9 Å². The van der Waals surface area contributed by atoms with Crippen LogP contribution in [0.3, 0.4) is 0 Å². The number of hydrogen-bond acceptors (Lipinski definition) is 1. The maximum Gasteiger partial charge on any atom is 0.237 e. The van der Waals surface area contributed by atoms with Crippen molar-refractivity contribution in [2.75, 3.05) is 4.90 Å². The van der Waals surface area contributed by atoms with Crippen LogP contribution >= 0.6 is 0 Å². The molecule has 0 spiro atoms. The van der Waals surface area contributed by atoms with Gasteiger partial charge in [0, 0.05) is 11.7 Å². The lowest BCUT2D eigenvalue weighted by atomic mass is 9.85. The summed E-state index contributed by atoms with van der Waals surface area (Å²) in [7, 11) is 0. The van der Waals surface area contributed by atoms with Crippen LogP contribution in [0.2, 0.25) is 0 Å². The van der Waals surface area contributed by atoms with Crippen molar-refractivity contribution in [3.63, 3.8) is 0 Å². The maximum atomic E-state index is 12.6. The van der Waals surface area contributed by atoms with Crippen molar-refractivity contribution in [1.29, 1.82) is 0 Å². The van der Waals surface area contributed by atoms with Gasteiger partial charge in [-0.1, -0.05) is 26.0 Å². The van der Waals surface area contributed by atoms with Gasteiger partial charge in [-0.2, -0.15) is 0 Å². The number of carbonyl (C=O) groups is 1.